The Morgan fingerprint density at radius 3 is 2.96 bits per heavy atom. The third kappa shape index (κ3) is 3.80. The summed E-state index contributed by atoms with van der Waals surface area (Å²) in [5, 5.41) is 10.8. The molecule has 0 bridgehead atoms. The van der Waals surface area contributed by atoms with Gasteiger partial charge in [-0.3, -0.25) is 4.99 Å². The van der Waals surface area contributed by atoms with Crippen molar-refractivity contribution in [2.75, 3.05) is 19.4 Å². The summed E-state index contributed by atoms with van der Waals surface area (Å²) < 4.78 is 5.36. The van der Waals surface area contributed by atoms with Crippen molar-refractivity contribution in [1.29, 1.82) is 0 Å². The maximum absolute atomic E-state index is 11.8. The summed E-state index contributed by atoms with van der Waals surface area (Å²) in [4.78, 5) is 23.7. The first-order valence-electron chi connectivity index (χ1n) is 7.37. The standard InChI is InChI=1S/C16H15ClN4O3S/c1-24-15(22)10-6-7-13(17)21(23)14(10)18-8-9-25-16-19-11-4-2-3-5-12(11)20-16/h2-7,23H,8-9H2,1H3,(H,19,20). The lowest BCUT2D eigenvalue weighted by Crippen LogP contribution is -2.28. The summed E-state index contributed by atoms with van der Waals surface area (Å²) in [6, 6.07) is 10.6. The molecule has 2 aromatic heterocycles. The van der Waals surface area contributed by atoms with Gasteiger partial charge in [0, 0.05) is 5.75 Å². The van der Waals surface area contributed by atoms with Crippen LogP contribution in [0, 0.1) is 0 Å². The molecule has 3 rings (SSSR count). The molecule has 0 atom stereocenters. The Bertz CT molecular complexity index is 950. The Balaban J connectivity index is 1.75. The highest BCUT2D eigenvalue weighted by Gasteiger charge is 2.13. The monoisotopic (exact) mass is 378 g/mol. The number of carbonyl (C=O) groups excluding carboxylic acids is 1. The van der Waals surface area contributed by atoms with Gasteiger partial charge < -0.3 is 14.9 Å². The number of carbonyl (C=O) groups is 1. The molecule has 3 aromatic rings. The molecular weight excluding hydrogens is 364 g/mol. The number of hydrogen-bond acceptors (Lipinski definition) is 6. The second-order valence-electron chi connectivity index (χ2n) is 4.99. The number of aromatic nitrogens is 3. The molecule has 0 unspecified atom stereocenters. The smallest absolute Gasteiger partial charge is 0.341 e. The average Bonchev–Trinajstić information content (AvgIpc) is 3.04. The van der Waals surface area contributed by atoms with Crippen LogP contribution in [0.3, 0.4) is 0 Å². The molecule has 0 fully saturated rings. The Morgan fingerprint density at radius 1 is 1.40 bits per heavy atom. The van der Waals surface area contributed by atoms with Gasteiger partial charge in [0.1, 0.15) is 10.7 Å². The Hall–Kier alpha value is -2.45. The molecule has 0 saturated heterocycles. The largest absolute Gasteiger partial charge is 0.465 e. The van der Waals surface area contributed by atoms with Crippen molar-refractivity contribution >= 4 is 40.4 Å². The fourth-order valence-corrected chi connectivity index (χ4v) is 3.09. The zero-order chi connectivity index (χ0) is 17.8. The van der Waals surface area contributed by atoms with Crippen LogP contribution >= 0.6 is 23.4 Å². The predicted octanol–water partition coefficient (Wildman–Crippen LogP) is 2.73. The fourth-order valence-electron chi connectivity index (χ4n) is 2.23. The van der Waals surface area contributed by atoms with Gasteiger partial charge in [-0.15, -0.1) is 0 Å². The minimum absolute atomic E-state index is 0.0522. The van der Waals surface area contributed by atoms with E-state index in [0.29, 0.717) is 17.0 Å². The van der Waals surface area contributed by atoms with E-state index in [0.717, 1.165) is 16.2 Å². The van der Waals surface area contributed by atoms with Crippen molar-refractivity contribution in [2.24, 2.45) is 4.99 Å². The van der Waals surface area contributed by atoms with Crippen molar-refractivity contribution in [3.8, 4) is 0 Å². The van der Waals surface area contributed by atoms with Crippen molar-refractivity contribution < 1.29 is 14.7 Å². The van der Waals surface area contributed by atoms with Crippen LogP contribution in [0.2, 0.25) is 5.15 Å². The topological polar surface area (TPSA) is 92.5 Å². The lowest BCUT2D eigenvalue weighted by Gasteiger charge is -2.06. The summed E-state index contributed by atoms with van der Waals surface area (Å²) in [7, 11) is 1.26. The minimum atomic E-state index is -0.594. The maximum Gasteiger partial charge on any atom is 0.341 e. The first-order valence-corrected chi connectivity index (χ1v) is 8.73. The number of para-hydroxylation sites is 2. The van der Waals surface area contributed by atoms with Gasteiger partial charge in [-0.25, -0.2) is 9.78 Å². The van der Waals surface area contributed by atoms with Gasteiger partial charge in [-0.2, -0.15) is 4.73 Å². The molecule has 0 aliphatic heterocycles. The number of nitrogens with zero attached hydrogens (tertiary/aromatic N) is 3. The normalized spacial score (nSPS) is 11.8. The zero-order valence-electron chi connectivity index (χ0n) is 13.3. The van der Waals surface area contributed by atoms with Crippen LogP contribution in [0.5, 0.6) is 0 Å². The maximum atomic E-state index is 11.8. The number of halogens is 1. The van der Waals surface area contributed by atoms with E-state index < -0.39 is 5.97 Å². The van der Waals surface area contributed by atoms with E-state index >= 15 is 0 Å². The molecular formula is C16H15ClN4O3S. The van der Waals surface area contributed by atoms with Crippen molar-refractivity contribution in [3.05, 3.63) is 52.6 Å². The third-order valence-electron chi connectivity index (χ3n) is 3.40. The molecule has 130 valence electrons. The van der Waals surface area contributed by atoms with Crippen LogP contribution in [0.15, 0.2) is 46.5 Å². The minimum Gasteiger partial charge on any atom is -0.465 e. The number of fused-ring (bicyclic) bond motifs is 1. The van der Waals surface area contributed by atoms with Gasteiger partial charge in [0.05, 0.1) is 24.7 Å². The second kappa shape index (κ2) is 7.62. The third-order valence-corrected chi connectivity index (χ3v) is 4.54. The van der Waals surface area contributed by atoms with Crippen molar-refractivity contribution in [2.45, 2.75) is 5.16 Å². The lowest BCUT2D eigenvalue weighted by atomic mass is 10.3. The number of rotatable bonds is 5. The van der Waals surface area contributed by atoms with E-state index in [4.69, 9.17) is 16.3 Å². The number of H-pyrrole nitrogens is 1. The zero-order valence-corrected chi connectivity index (χ0v) is 14.8. The van der Waals surface area contributed by atoms with Crippen LogP contribution in [0.1, 0.15) is 10.4 Å². The molecule has 0 saturated carbocycles. The molecule has 25 heavy (non-hydrogen) atoms. The number of ether oxygens (including phenoxy) is 1. The summed E-state index contributed by atoms with van der Waals surface area (Å²) in [6.45, 7) is 0.354. The number of esters is 1. The lowest BCUT2D eigenvalue weighted by molar-refractivity contribution is 0.0591. The first kappa shape index (κ1) is 17.4. The molecule has 2 N–H and O–H groups in total. The highest BCUT2D eigenvalue weighted by atomic mass is 35.5. The van der Waals surface area contributed by atoms with Crippen molar-refractivity contribution in [1.82, 2.24) is 14.7 Å². The van der Waals surface area contributed by atoms with Gasteiger partial charge in [0.15, 0.2) is 10.6 Å². The van der Waals surface area contributed by atoms with Crippen LogP contribution in [-0.4, -0.2) is 45.3 Å². The molecule has 0 aliphatic carbocycles. The van der Waals surface area contributed by atoms with Crippen LogP contribution < -0.4 is 5.49 Å². The second-order valence-corrected chi connectivity index (χ2v) is 6.46. The number of benzene rings is 1. The van der Waals surface area contributed by atoms with Crippen molar-refractivity contribution in [3.63, 3.8) is 0 Å². The molecule has 2 heterocycles. The van der Waals surface area contributed by atoms with Gasteiger partial charge in [-0.05, 0) is 24.3 Å². The van der Waals surface area contributed by atoms with E-state index in [1.165, 1.54) is 31.0 Å². The van der Waals surface area contributed by atoms with E-state index in [1.54, 1.807) is 0 Å². The van der Waals surface area contributed by atoms with E-state index in [2.05, 4.69) is 15.0 Å². The summed E-state index contributed by atoms with van der Waals surface area (Å²) in [6.07, 6.45) is 0. The Morgan fingerprint density at radius 2 is 2.20 bits per heavy atom. The highest BCUT2D eigenvalue weighted by Crippen LogP contribution is 2.18. The molecule has 0 radical (unpaired) electrons. The van der Waals surface area contributed by atoms with E-state index in [-0.39, 0.29) is 16.2 Å². The number of thioether (sulfide) groups is 1. The van der Waals surface area contributed by atoms with Gasteiger partial charge in [0.25, 0.3) is 0 Å². The fraction of sp³-hybridized carbons (Fsp3) is 0.188. The molecule has 9 heteroatoms. The Kier molecular flexibility index (Phi) is 5.30. The molecule has 7 nitrogen and oxygen atoms in total. The number of aromatic amines is 1. The number of hydrogen-bond donors (Lipinski definition) is 2. The SMILES string of the molecule is COC(=O)c1ccc(Cl)n(O)c1=NCCSc1nc2ccccc2[nH]1. The number of imidazole rings is 1. The van der Waals surface area contributed by atoms with E-state index in [9.17, 15) is 10.0 Å². The summed E-state index contributed by atoms with van der Waals surface area (Å²) in [5.74, 6) is 0.00981. The van der Waals surface area contributed by atoms with Gasteiger partial charge in [0.2, 0.25) is 0 Å². The summed E-state index contributed by atoms with van der Waals surface area (Å²) >= 11 is 7.36. The average molecular weight is 379 g/mol. The van der Waals surface area contributed by atoms with E-state index in [1.807, 2.05) is 24.3 Å². The van der Waals surface area contributed by atoms with Crippen LogP contribution in [-0.2, 0) is 4.74 Å². The Labute approximate surface area is 152 Å². The summed E-state index contributed by atoms with van der Waals surface area (Å²) in [5.41, 5.74) is 2.07. The first-order chi connectivity index (χ1) is 12.1. The van der Waals surface area contributed by atoms with Crippen LogP contribution in [0.4, 0.5) is 0 Å². The number of nitrogens with one attached hydrogen (secondary N) is 1. The quantitative estimate of drug-likeness (QED) is 0.234. The number of methoxy groups -OCH3 is 1. The van der Waals surface area contributed by atoms with Gasteiger partial charge in [-0.1, -0.05) is 35.5 Å². The predicted molar refractivity (Wildman–Crippen MR) is 95.2 cm³/mol. The number of pyridine rings is 1. The molecule has 0 aliphatic rings. The van der Waals surface area contributed by atoms with Crippen LogP contribution in [0.25, 0.3) is 11.0 Å². The molecule has 0 amide bonds. The highest BCUT2D eigenvalue weighted by molar-refractivity contribution is 7.99. The molecule has 0 spiro atoms. The van der Waals surface area contributed by atoms with Gasteiger partial charge >= 0.3 is 5.97 Å². The molecule has 1 aromatic carbocycles.